The average Bonchev–Trinajstić information content (AvgIpc) is 3.20. The number of hydrogen-bond acceptors (Lipinski definition) is 6. The monoisotopic (exact) mass is 448 g/mol. The van der Waals surface area contributed by atoms with Gasteiger partial charge < -0.3 is 11.1 Å². The van der Waals surface area contributed by atoms with Crippen LogP contribution in [0.2, 0.25) is 0 Å². The summed E-state index contributed by atoms with van der Waals surface area (Å²) in [7, 11) is 0. The summed E-state index contributed by atoms with van der Waals surface area (Å²) in [6.07, 6.45) is 1.53. The molecule has 2 aromatic heterocycles. The summed E-state index contributed by atoms with van der Waals surface area (Å²) in [5.41, 5.74) is 9.62. The Bertz CT molecular complexity index is 1250. The Kier molecular flexibility index (Phi) is 6.01. The summed E-state index contributed by atoms with van der Waals surface area (Å²) < 4.78 is 0. The second-order valence-electron chi connectivity index (χ2n) is 7.07. The van der Waals surface area contributed by atoms with Gasteiger partial charge in [0.15, 0.2) is 0 Å². The van der Waals surface area contributed by atoms with Crippen molar-refractivity contribution in [3.63, 3.8) is 0 Å². The molecule has 0 radical (unpaired) electrons. The molecule has 0 aliphatic rings. The molecule has 4 aromatic rings. The Morgan fingerprint density at radius 3 is 2.45 bits per heavy atom. The van der Waals surface area contributed by atoms with Crippen LogP contribution in [0.15, 0.2) is 65.3 Å². The van der Waals surface area contributed by atoms with E-state index in [1.165, 1.54) is 23.7 Å². The first kappa shape index (κ1) is 21.0. The zero-order chi connectivity index (χ0) is 22.0. The molecule has 156 valence electrons. The summed E-state index contributed by atoms with van der Waals surface area (Å²) in [5, 5.41) is 6.30. The van der Waals surface area contributed by atoms with Crippen LogP contribution in [0.4, 0.5) is 5.69 Å². The summed E-state index contributed by atoms with van der Waals surface area (Å²) in [4.78, 5) is 33.7. The lowest BCUT2D eigenvalue weighted by molar-refractivity contribution is -0.115. The van der Waals surface area contributed by atoms with Gasteiger partial charge in [-0.2, -0.15) is 0 Å². The Morgan fingerprint density at radius 1 is 1.06 bits per heavy atom. The number of nitrogens with zero attached hydrogens (tertiary/aromatic N) is 2. The van der Waals surface area contributed by atoms with Crippen LogP contribution in [0.5, 0.6) is 0 Å². The highest BCUT2D eigenvalue weighted by Crippen LogP contribution is 2.39. The molecule has 6 nitrogen and oxygen atoms in total. The lowest BCUT2D eigenvalue weighted by Gasteiger charge is -2.13. The van der Waals surface area contributed by atoms with E-state index in [2.05, 4.69) is 51.9 Å². The number of amides is 2. The fourth-order valence-corrected chi connectivity index (χ4v) is 4.98. The van der Waals surface area contributed by atoms with E-state index in [1.807, 2.05) is 6.92 Å². The number of nitrogens with two attached hydrogens (primary N) is 1. The molecular formula is C23H20N4O2S2. The highest BCUT2D eigenvalue weighted by Gasteiger charge is 2.20. The van der Waals surface area contributed by atoms with Crippen LogP contribution in [0.25, 0.3) is 21.3 Å². The number of benzene rings is 2. The number of primary amides is 1. The third-order valence-corrected chi connectivity index (χ3v) is 6.78. The van der Waals surface area contributed by atoms with Crippen LogP contribution in [0.3, 0.4) is 0 Å². The predicted octanol–water partition coefficient (Wildman–Crippen LogP) is 4.88. The Balaban J connectivity index is 1.56. The van der Waals surface area contributed by atoms with Crippen molar-refractivity contribution in [2.45, 2.75) is 24.1 Å². The first-order chi connectivity index (χ1) is 14.9. The number of thioether (sulfide) groups is 1. The lowest BCUT2D eigenvalue weighted by Crippen LogP contribution is -2.22. The highest BCUT2D eigenvalue weighted by molar-refractivity contribution is 8.00. The Labute approximate surface area is 187 Å². The molecule has 0 saturated heterocycles. The zero-order valence-electron chi connectivity index (χ0n) is 17.0. The van der Waals surface area contributed by atoms with Gasteiger partial charge in [0.2, 0.25) is 11.8 Å². The molecule has 8 heteroatoms. The number of hydrogen-bond donors (Lipinski definition) is 2. The van der Waals surface area contributed by atoms with Crippen LogP contribution < -0.4 is 11.1 Å². The number of rotatable bonds is 6. The number of aromatic nitrogens is 2. The van der Waals surface area contributed by atoms with E-state index in [1.54, 1.807) is 35.6 Å². The first-order valence-corrected chi connectivity index (χ1v) is 11.3. The maximum Gasteiger partial charge on any atom is 0.248 e. The number of carbonyl (C=O) groups is 2. The van der Waals surface area contributed by atoms with Gasteiger partial charge in [0.1, 0.15) is 16.2 Å². The van der Waals surface area contributed by atoms with Crippen molar-refractivity contribution in [2.75, 3.05) is 5.32 Å². The minimum atomic E-state index is -0.505. The van der Waals surface area contributed by atoms with E-state index < -0.39 is 5.91 Å². The van der Waals surface area contributed by atoms with Gasteiger partial charge in [-0.05, 0) is 43.7 Å². The second-order valence-corrected chi connectivity index (χ2v) is 9.25. The average molecular weight is 449 g/mol. The van der Waals surface area contributed by atoms with Gasteiger partial charge in [0.05, 0.1) is 10.6 Å². The van der Waals surface area contributed by atoms with Crippen LogP contribution in [-0.2, 0) is 4.79 Å². The molecule has 0 unspecified atom stereocenters. The van der Waals surface area contributed by atoms with Gasteiger partial charge in [-0.15, -0.1) is 11.3 Å². The number of anilines is 1. The van der Waals surface area contributed by atoms with Crippen LogP contribution in [-0.4, -0.2) is 27.0 Å². The van der Waals surface area contributed by atoms with E-state index in [0.29, 0.717) is 11.3 Å². The maximum absolute atomic E-state index is 12.7. The van der Waals surface area contributed by atoms with Gasteiger partial charge in [-0.1, -0.05) is 41.6 Å². The molecule has 0 aliphatic heterocycles. The molecule has 3 N–H and O–H groups in total. The topological polar surface area (TPSA) is 98.0 Å². The highest BCUT2D eigenvalue weighted by atomic mass is 32.2. The number of aryl methyl sites for hydroxylation is 1. The van der Waals surface area contributed by atoms with Crippen molar-refractivity contribution < 1.29 is 9.59 Å². The molecule has 2 heterocycles. The van der Waals surface area contributed by atoms with Gasteiger partial charge >= 0.3 is 0 Å². The van der Waals surface area contributed by atoms with E-state index in [4.69, 9.17) is 5.73 Å². The van der Waals surface area contributed by atoms with E-state index >= 15 is 0 Å². The van der Waals surface area contributed by atoms with Crippen molar-refractivity contribution in [1.29, 1.82) is 0 Å². The molecule has 2 amide bonds. The quantitative estimate of drug-likeness (QED) is 0.323. The molecule has 0 saturated carbocycles. The number of fused-ring (bicyclic) bond motifs is 1. The third-order valence-electron chi connectivity index (χ3n) is 4.79. The second kappa shape index (κ2) is 8.87. The van der Waals surface area contributed by atoms with Crippen molar-refractivity contribution in [3.8, 4) is 11.1 Å². The summed E-state index contributed by atoms with van der Waals surface area (Å²) >= 11 is 2.96. The maximum atomic E-state index is 12.7. The smallest absolute Gasteiger partial charge is 0.248 e. The first-order valence-electron chi connectivity index (χ1n) is 9.59. The van der Waals surface area contributed by atoms with Crippen LogP contribution in [0.1, 0.15) is 22.8 Å². The molecular weight excluding hydrogens is 428 g/mol. The third kappa shape index (κ3) is 4.60. The lowest BCUT2D eigenvalue weighted by atomic mass is 10.1. The van der Waals surface area contributed by atoms with Crippen molar-refractivity contribution in [1.82, 2.24) is 9.97 Å². The molecule has 0 bridgehead atoms. The summed E-state index contributed by atoms with van der Waals surface area (Å²) in [6, 6.07) is 14.8. The normalized spacial score (nSPS) is 11.9. The number of thiophene rings is 1. The minimum absolute atomic E-state index is 0.157. The molecule has 0 fully saturated rings. The minimum Gasteiger partial charge on any atom is -0.366 e. The molecule has 0 aliphatic carbocycles. The standard InChI is InChI=1S/C23H20N4O2S2/c1-13-3-5-15(6-4-13)18-11-30-22-19(18)23(26-12-25-22)31-14(2)21(29)27-17-9-7-16(8-10-17)20(24)28/h3-12,14H,1-2H3,(H2,24,28)(H,27,29)/t14-/m0/s1. The van der Waals surface area contributed by atoms with Gasteiger partial charge in [0.25, 0.3) is 0 Å². The molecule has 2 aromatic carbocycles. The van der Waals surface area contributed by atoms with Crippen molar-refractivity contribution in [3.05, 3.63) is 71.4 Å². The Morgan fingerprint density at radius 2 is 1.77 bits per heavy atom. The largest absolute Gasteiger partial charge is 0.366 e. The number of nitrogens with one attached hydrogen (secondary N) is 1. The Hall–Kier alpha value is -3.23. The molecule has 0 spiro atoms. The summed E-state index contributed by atoms with van der Waals surface area (Å²) in [6.45, 7) is 3.89. The van der Waals surface area contributed by atoms with Crippen molar-refractivity contribution in [2.24, 2.45) is 5.73 Å². The van der Waals surface area contributed by atoms with E-state index in [-0.39, 0.29) is 11.2 Å². The molecule has 1 atom stereocenters. The molecule has 4 rings (SSSR count). The van der Waals surface area contributed by atoms with Crippen molar-refractivity contribution >= 4 is 50.8 Å². The van der Waals surface area contributed by atoms with Gasteiger partial charge in [-0.25, -0.2) is 9.97 Å². The van der Waals surface area contributed by atoms with Crippen LogP contribution >= 0.6 is 23.1 Å². The fraction of sp³-hybridized carbons (Fsp3) is 0.130. The summed E-state index contributed by atoms with van der Waals surface area (Å²) in [5.74, 6) is -0.662. The van der Waals surface area contributed by atoms with Gasteiger partial charge in [0, 0.05) is 22.2 Å². The molecule has 31 heavy (non-hydrogen) atoms. The fourth-order valence-electron chi connectivity index (χ4n) is 3.07. The van der Waals surface area contributed by atoms with Crippen LogP contribution in [0, 0.1) is 6.92 Å². The number of carbonyl (C=O) groups excluding carboxylic acids is 2. The van der Waals surface area contributed by atoms with Gasteiger partial charge in [-0.3, -0.25) is 9.59 Å². The van der Waals surface area contributed by atoms with E-state index in [9.17, 15) is 9.59 Å². The van der Waals surface area contributed by atoms with E-state index in [0.717, 1.165) is 26.4 Å². The SMILES string of the molecule is Cc1ccc(-c2csc3ncnc(S[C@@H](C)C(=O)Nc4ccc(C(N)=O)cc4)c23)cc1. The predicted molar refractivity (Wildman–Crippen MR) is 126 cm³/mol. The zero-order valence-corrected chi connectivity index (χ0v) is 18.6.